The Morgan fingerprint density at radius 3 is 2.42 bits per heavy atom. The molecule has 2 aromatic rings. The molecule has 0 aliphatic rings. The van der Waals surface area contributed by atoms with Crippen LogP contribution in [0.15, 0.2) is 36.4 Å². The summed E-state index contributed by atoms with van der Waals surface area (Å²) in [7, 11) is 0. The molecule has 0 atom stereocenters. The molecule has 1 N–H and O–H groups in total. The fourth-order valence-electron chi connectivity index (χ4n) is 1.82. The predicted molar refractivity (Wildman–Crippen MR) is 70.8 cm³/mol. The summed E-state index contributed by atoms with van der Waals surface area (Å²) >= 11 is 0. The molecule has 0 saturated carbocycles. The normalized spacial score (nSPS) is 10.2. The zero-order chi connectivity index (χ0) is 14.0. The van der Waals surface area contributed by atoms with Crippen LogP contribution in [0.2, 0.25) is 0 Å². The Hall–Kier alpha value is -2.56. The highest BCUT2D eigenvalue weighted by molar-refractivity contribution is 5.46. The van der Waals surface area contributed by atoms with Crippen LogP contribution in [0.5, 0.6) is 17.2 Å². The van der Waals surface area contributed by atoms with Crippen LogP contribution >= 0.6 is 0 Å². The van der Waals surface area contributed by atoms with Crippen molar-refractivity contribution in [2.75, 3.05) is 0 Å². The van der Waals surface area contributed by atoms with Crippen LogP contribution in [0.25, 0.3) is 0 Å². The van der Waals surface area contributed by atoms with E-state index in [1.54, 1.807) is 25.1 Å². The van der Waals surface area contributed by atoms with E-state index in [1.165, 1.54) is 18.2 Å². The molecule has 5 heteroatoms. The lowest BCUT2D eigenvalue weighted by Crippen LogP contribution is -1.92. The average Bonchev–Trinajstić information content (AvgIpc) is 2.26. The molecule has 0 spiro atoms. The number of aromatic hydroxyl groups is 1. The molecule has 0 aromatic heterocycles. The Morgan fingerprint density at radius 1 is 1.11 bits per heavy atom. The van der Waals surface area contributed by atoms with Gasteiger partial charge in [-0.1, -0.05) is 0 Å². The molecule has 0 fully saturated rings. The molecule has 0 aliphatic heterocycles. The maximum Gasteiger partial charge on any atom is 0.272 e. The molecule has 0 amide bonds. The summed E-state index contributed by atoms with van der Waals surface area (Å²) in [6.45, 7) is 3.49. The number of ether oxygens (including phenoxy) is 1. The summed E-state index contributed by atoms with van der Waals surface area (Å²) in [6, 6.07) is 9.41. The second-order valence-electron chi connectivity index (χ2n) is 4.31. The van der Waals surface area contributed by atoms with Crippen molar-refractivity contribution in [1.82, 2.24) is 0 Å². The van der Waals surface area contributed by atoms with Gasteiger partial charge in [-0.15, -0.1) is 0 Å². The van der Waals surface area contributed by atoms with E-state index in [4.69, 9.17) is 4.74 Å². The van der Waals surface area contributed by atoms with E-state index < -0.39 is 4.92 Å². The summed E-state index contributed by atoms with van der Waals surface area (Å²) in [6.07, 6.45) is 0. The molecule has 0 radical (unpaired) electrons. The molecule has 0 heterocycles. The first kappa shape index (κ1) is 12.9. The van der Waals surface area contributed by atoms with Crippen molar-refractivity contribution in [3.05, 3.63) is 57.6 Å². The summed E-state index contributed by atoms with van der Waals surface area (Å²) in [5.74, 6) is 1.10. The van der Waals surface area contributed by atoms with E-state index in [0.29, 0.717) is 17.1 Å². The molecule has 2 aromatic carbocycles. The number of nitrogens with zero attached hydrogens (tertiary/aromatic N) is 1. The van der Waals surface area contributed by atoms with E-state index >= 15 is 0 Å². The predicted octanol–water partition coefficient (Wildman–Crippen LogP) is 3.71. The minimum absolute atomic E-state index is 0.0550. The van der Waals surface area contributed by atoms with Crippen molar-refractivity contribution in [1.29, 1.82) is 0 Å². The zero-order valence-corrected chi connectivity index (χ0v) is 10.6. The van der Waals surface area contributed by atoms with Gasteiger partial charge in [-0.3, -0.25) is 10.1 Å². The van der Waals surface area contributed by atoms with Gasteiger partial charge in [0.2, 0.25) is 0 Å². The number of phenols is 1. The molecule has 19 heavy (non-hydrogen) atoms. The largest absolute Gasteiger partial charge is 0.508 e. The van der Waals surface area contributed by atoms with Crippen molar-refractivity contribution >= 4 is 5.69 Å². The molecule has 5 nitrogen and oxygen atoms in total. The molecular formula is C14H13NO4. The molecule has 0 saturated heterocycles. The van der Waals surface area contributed by atoms with Gasteiger partial charge in [-0.05, 0) is 43.7 Å². The molecule has 0 bridgehead atoms. The SMILES string of the molecule is Cc1cc(O)cc(Oc2ccc([N+](=O)[O-])c(C)c2)c1. The number of hydrogen-bond donors (Lipinski definition) is 1. The minimum Gasteiger partial charge on any atom is -0.508 e. The van der Waals surface area contributed by atoms with Gasteiger partial charge in [0.1, 0.15) is 17.2 Å². The third kappa shape index (κ3) is 3.01. The molecule has 0 unspecified atom stereocenters. The molecular weight excluding hydrogens is 246 g/mol. The highest BCUT2D eigenvalue weighted by atomic mass is 16.6. The minimum atomic E-state index is -0.433. The Morgan fingerprint density at radius 2 is 1.84 bits per heavy atom. The highest BCUT2D eigenvalue weighted by Gasteiger charge is 2.11. The third-order valence-corrected chi connectivity index (χ3v) is 2.64. The van der Waals surface area contributed by atoms with Gasteiger partial charge in [0.05, 0.1) is 4.92 Å². The van der Waals surface area contributed by atoms with Crippen LogP contribution in [0.1, 0.15) is 11.1 Å². The van der Waals surface area contributed by atoms with E-state index in [2.05, 4.69) is 0 Å². The number of nitro benzene ring substituents is 1. The zero-order valence-electron chi connectivity index (χ0n) is 10.6. The second kappa shape index (κ2) is 4.97. The average molecular weight is 259 g/mol. The second-order valence-corrected chi connectivity index (χ2v) is 4.31. The van der Waals surface area contributed by atoms with E-state index in [-0.39, 0.29) is 11.4 Å². The van der Waals surface area contributed by atoms with Gasteiger partial charge in [0, 0.05) is 17.7 Å². The Balaban J connectivity index is 2.28. The van der Waals surface area contributed by atoms with Crippen LogP contribution in [-0.4, -0.2) is 10.0 Å². The number of benzene rings is 2. The monoisotopic (exact) mass is 259 g/mol. The van der Waals surface area contributed by atoms with Crippen LogP contribution < -0.4 is 4.74 Å². The number of aryl methyl sites for hydroxylation is 2. The molecule has 2 rings (SSSR count). The van der Waals surface area contributed by atoms with Gasteiger partial charge >= 0.3 is 0 Å². The maximum atomic E-state index is 10.7. The lowest BCUT2D eigenvalue weighted by molar-refractivity contribution is -0.385. The van der Waals surface area contributed by atoms with Crippen LogP contribution in [-0.2, 0) is 0 Å². The van der Waals surface area contributed by atoms with Crippen molar-refractivity contribution in [2.24, 2.45) is 0 Å². The number of rotatable bonds is 3. The van der Waals surface area contributed by atoms with Gasteiger partial charge in [0.25, 0.3) is 5.69 Å². The fourth-order valence-corrected chi connectivity index (χ4v) is 1.82. The first-order chi connectivity index (χ1) is 8.95. The van der Waals surface area contributed by atoms with Gasteiger partial charge in [-0.2, -0.15) is 0 Å². The number of nitro groups is 1. The molecule has 98 valence electrons. The fraction of sp³-hybridized carbons (Fsp3) is 0.143. The van der Waals surface area contributed by atoms with E-state index in [1.807, 2.05) is 6.92 Å². The van der Waals surface area contributed by atoms with Crippen molar-refractivity contribution in [3.8, 4) is 17.2 Å². The van der Waals surface area contributed by atoms with Crippen molar-refractivity contribution < 1.29 is 14.8 Å². The van der Waals surface area contributed by atoms with Gasteiger partial charge in [-0.25, -0.2) is 0 Å². The lowest BCUT2D eigenvalue weighted by Gasteiger charge is -2.08. The Kier molecular flexibility index (Phi) is 3.37. The Labute approximate surface area is 110 Å². The Bertz CT molecular complexity index is 617. The van der Waals surface area contributed by atoms with Crippen LogP contribution in [0, 0.1) is 24.0 Å². The molecule has 0 aliphatic carbocycles. The van der Waals surface area contributed by atoms with E-state index in [0.717, 1.165) is 5.56 Å². The summed E-state index contributed by atoms with van der Waals surface area (Å²) < 4.78 is 5.57. The topological polar surface area (TPSA) is 72.6 Å². The quantitative estimate of drug-likeness (QED) is 0.673. The summed E-state index contributed by atoms with van der Waals surface area (Å²) in [5.41, 5.74) is 1.45. The van der Waals surface area contributed by atoms with Crippen LogP contribution in [0.3, 0.4) is 0 Å². The lowest BCUT2D eigenvalue weighted by atomic mass is 10.2. The smallest absolute Gasteiger partial charge is 0.272 e. The van der Waals surface area contributed by atoms with Gasteiger partial charge < -0.3 is 9.84 Å². The maximum absolute atomic E-state index is 10.7. The van der Waals surface area contributed by atoms with Crippen LogP contribution in [0.4, 0.5) is 5.69 Å². The summed E-state index contributed by atoms with van der Waals surface area (Å²) in [5, 5.41) is 20.2. The first-order valence-electron chi connectivity index (χ1n) is 5.69. The number of hydrogen-bond acceptors (Lipinski definition) is 4. The van der Waals surface area contributed by atoms with Crippen molar-refractivity contribution in [2.45, 2.75) is 13.8 Å². The number of phenolic OH excluding ortho intramolecular Hbond substituents is 1. The van der Waals surface area contributed by atoms with E-state index in [9.17, 15) is 15.2 Å². The highest BCUT2D eigenvalue weighted by Crippen LogP contribution is 2.29. The van der Waals surface area contributed by atoms with Gasteiger partial charge in [0.15, 0.2) is 0 Å². The third-order valence-electron chi connectivity index (χ3n) is 2.64. The first-order valence-corrected chi connectivity index (χ1v) is 5.69. The summed E-state index contributed by atoms with van der Waals surface area (Å²) in [4.78, 5) is 10.3. The standard InChI is InChI=1S/C14H13NO4/c1-9-5-11(16)8-13(6-9)19-12-3-4-14(15(17)18)10(2)7-12/h3-8,16H,1-2H3. The van der Waals surface area contributed by atoms with Crippen molar-refractivity contribution in [3.63, 3.8) is 0 Å².